The van der Waals surface area contributed by atoms with Crippen LogP contribution in [-0.2, 0) is 4.74 Å². The number of nitriles is 1. The quantitative estimate of drug-likeness (QED) is 0.755. The molecule has 0 radical (unpaired) electrons. The number of ether oxygens (including phenoxy) is 1. The van der Waals surface area contributed by atoms with Crippen LogP contribution in [0.15, 0.2) is 42.5 Å². The first-order chi connectivity index (χ1) is 8.90. The SMILES string of the molecule is N#CC1CCCOC1c1cccc2ccccc12. The van der Waals surface area contributed by atoms with E-state index in [4.69, 9.17) is 4.74 Å². The van der Waals surface area contributed by atoms with Crippen LogP contribution >= 0.6 is 0 Å². The summed E-state index contributed by atoms with van der Waals surface area (Å²) < 4.78 is 5.85. The van der Waals surface area contributed by atoms with Crippen LogP contribution in [0.1, 0.15) is 24.5 Å². The molecule has 2 atom stereocenters. The van der Waals surface area contributed by atoms with Crippen molar-refractivity contribution in [2.45, 2.75) is 18.9 Å². The fourth-order valence-electron chi connectivity index (χ4n) is 2.72. The maximum atomic E-state index is 9.26. The van der Waals surface area contributed by atoms with E-state index in [1.54, 1.807) is 0 Å². The molecule has 0 spiro atoms. The molecule has 0 aromatic heterocycles. The van der Waals surface area contributed by atoms with Crippen molar-refractivity contribution in [1.82, 2.24) is 0 Å². The van der Waals surface area contributed by atoms with Crippen molar-refractivity contribution in [3.05, 3.63) is 48.0 Å². The van der Waals surface area contributed by atoms with Crippen LogP contribution in [0.2, 0.25) is 0 Å². The van der Waals surface area contributed by atoms with Gasteiger partial charge in [-0.05, 0) is 29.2 Å². The first kappa shape index (κ1) is 11.3. The number of hydrogen-bond acceptors (Lipinski definition) is 2. The molecule has 1 aliphatic heterocycles. The van der Waals surface area contributed by atoms with Gasteiger partial charge in [-0.3, -0.25) is 0 Å². The van der Waals surface area contributed by atoms with Crippen LogP contribution in [0.4, 0.5) is 0 Å². The third-order valence-electron chi connectivity index (χ3n) is 3.62. The molecule has 3 rings (SSSR count). The van der Waals surface area contributed by atoms with Crippen molar-refractivity contribution >= 4 is 10.8 Å². The van der Waals surface area contributed by atoms with Crippen molar-refractivity contribution in [1.29, 1.82) is 5.26 Å². The minimum atomic E-state index is -0.0742. The predicted octanol–water partition coefficient (Wildman–Crippen LogP) is 3.83. The Balaban J connectivity index is 2.11. The molecular formula is C16H15NO. The molecule has 1 aliphatic rings. The third kappa shape index (κ3) is 1.87. The van der Waals surface area contributed by atoms with Crippen molar-refractivity contribution in [2.75, 3.05) is 6.61 Å². The fraction of sp³-hybridized carbons (Fsp3) is 0.312. The van der Waals surface area contributed by atoms with Crippen LogP contribution < -0.4 is 0 Å². The smallest absolute Gasteiger partial charge is 0.0988 e. The lowest BCUT2D eigenvalue weighted by molar-refractivity contribution is -0.00924. The zero-order valence-electron chi connectivity index (χ0n) is 10.2. The molecule has 90 valence electrons. The van der Waals surface area contributed by atoms with Gasteiger partial charge in [-0.2, -0.15) is 5.26 Å². The van der Waals surface area contributed by atoms with E-state index in [1.165, 1.54) is 10.8 Å². The molecular weight excluding hydrogens is 222 g/mol. The second kappa shape index (κ2) is 4.80. The Morgan fingerprint density at radius 1 is 1.11 bits per heavy atom. The maximum Gasteiger partial charge on any atom is 0.0988 e. The van der Waals surface area contributed by atoms with Crippen molar-refractivity contribution in [3.63, 3.8) is 0 Å². The average molecular weight is 237 g/mol. The molecule has 0 bridgehead atoms. The highest BCUT2D eigenvalue weighted by molar-refractivity contribution is 5.86. The Morgan fingerprint density at radius 2 is 1.94 bits per heavy atom. The van der Waals surface area contributed by atoms with Gasteiger partial charge in [0.25, 0.3) is 0 Å². The van der Waals surface area contributed by atoms with Crippen LogP contribution in [0.5, 0.6) is 0 Å². The summed E-state index contributed by atoms with van der Waals surface area (Å²) >= 11 is 0. The van der Waals surface area contributed by atoms with Crippen LogP contribution in [-0.4, -0.2) is 6.61 Å². The van der Waals surface area contributed by atoms with Crippen molar-refractivity contribution in [2.24, 2.45) is 5.92 Å². The highest BCUT2D eigenvalue weighted by Crippen LogP contribution is 2.36. The molecule has 18 heavy (non-hydrogen) atoms. The zero-order chi connectivity index (χ0) is 12.4. The lowest BCUT2D eigenvalue weighted by Gasteiger charge is -2.28. The van der Waals surface area contributed by atoms with Gasteiger partial charge in [0.1, 0.15) is 0 Å². The molecule has 2 aromatic rings. The lowest BCUT2D eigenvalue weighted by Crippen LogP contribution is -2.21. The molecule has 1 fully saturated rings. The first-order valence-electron chi connectivity index (χ1n) is 6.39. The van der Waals surface area contributed by atoms with Gasteiger partial charge in [0.05, 0.1) is 18.1 Å². The average Bonchev–Trinajstić information content (AvgIpc) is 2.46. The summed E-state index contributed by atoms with van der Waals surface area (Å²) in [6.07, 6.45) is 1.85. The molecule has 2 aromatic carbocycles. The van der Waals surface area contributed by atoms with Gasteiger partial charge in [-0.1, -0.05) is 42.5 Å². The Hall–Kier alpha value is -1.85. The van der Waals surface area contributed by atoms with E-state index in [0.29, 0.717) is 0 Å². The molecule has 0 amide bonds. The molecule has 1 heterocycles. The summed E-state index contributed by atoms with van der Waals surface area (Å²) in [5.41, 5.74) is 1.15. The Labute approximate surface area is 107 Å². The van der Waals surface area contributed by atoms with Crippen LogP contribution in [0.3, 0.4) is 0 Å². The van der Waals surface area contributed by atoms with Gasteiger partial charge in [0.15, 0.2) is 0 Å². The highest BCUT2D eigenvalue weighted by Gasteiger charge is 2.28. The van der Waals surface area contributed by atoms with E-state index in [-0.39, 0.29) is 12.0 Å². The second-order valence-corrected chi connectivity index (χ2v) is 4.74. The Kier molecular flexibility index (Phi) is 3.00. The number of rotatable bonds is 1. The molecule has 2 nitrogen and oxygen atoms in total. The number of benzene rings is 2. The first-order valence-corrected chi connectivity index (χ1v) is 6.39. The van der Waals surface area contributed by atoms with Gasteiger partial charge in [-0.15, -0.1) is 0 Å². The fourth-order valence-corrected chi connectivity index (χ4v) is 2.72. The summed E-state index contributed by atoms with van der Waals surface area (Å²) in [5.74, 6) is -0.0236. The van der Waals surface area contributed by atoms with E-state index in [9.17, 15) is 5.26 Å². The van der Waals surface area contributed by atoms with Gasteiger partial charge in [0.2, 0.25) is 0 Å². The van der Waals surface area contributed by atoms with Gasteiger partial charge >= 0.3 is 0 Å². The van der Waals surface area contributed by atoms with E-state index >= 15 is 0 Å². The van der Waals surface area contributed by atoms with Crippen molar-refractivity contribution < 1.29 is 4.74 Å². The highest BCUT2D eigenvalue weighted by atomic mass is 16.5. The van der Waals surface area contributed by atoms with E-state index in [1.807, 2.05) is 18.2 Å². The van der Waals surface area contributed by atoms with E-state index < -0.39 is 0 Å². The molecule has 2 heteroatoms. The summed E-state index contributed by atoms with van der Waals surface area (Å²) in [5, 5.41) is 11.7. The third-order valence-corrected chi connectivity index (χ3v) is 3.62. The van der Waals surface area contributed by atoms with E-state index in [0.717, 1.165) is 25.0 Å². The molecule has 2 unspecified atom stereocenters. The number of fused-ring (bicyclic) bond motifs is 1. The van der Waals surface area contributed by atoms with Crippen LogP contribution in [0, 0.1) is 17.2 Å². The van der Waals surface area contributed by atoms with Crippen LogP contribution in [0.25, 0.3) is 10.8 Å². The molecule has 0 aliphatic carbocycles. The zero-order valence-corrected chi connectivity index (χ0v) is 10.2. The second-order valence-electron chi connectivity index (χ2n) is 4.74. The standard InChI is InChI=1S/C16H15NO/c17-11-13-7-4-10-18-16(13)15-9-3-6-12-5-1-2-8-14(12)15/h1-3,5-6,8-9,13,16H,4,7,10H2. The van der Waals surface area contributed by atoms with Crippen molar-refractivity contribution in [3.8, 4) is 6.07 Å². The van der Waals surface area contributed by atoms with E-state index in [2.05, 4.69) is 30.3 Å². The van der Waals surface area contributed by atoms with Gasteiger partial charge < -0.3 is 4.74 Å². The number of hydrogen-bond donors (Lipinski definition) is 0. The summed E-state index contributed by atoms with van der Waals surface area (Å²) in [6.45, 7) is 0.756. The monoisotopic (exact) mass is 237 g/mol. The minimum Gasteiger partial charge on any atom is -0.372 e. The van der Waals surface area contributed by atoms with Gasteiger partial charge in [-0.25, -0.2) is 0 Å². The normalized spacial score (nSPS) is 23.7. The molecule has 0 N–H and O–H groups in total. The Morgan fingerprint density at radius 3 is 2.83 bits per heavy atom. The predicted molar refractivity (Wildman–Crippen MR) is 71.0 cm³/mol. The maximum absolute atomic E-state index is 9.26. The minimum absolute atomic E-state index is 0.0236. The molecule has 1 saturated heterocycles. The summed E-state index contributed by atoms with van der Waals surface area (Å²) in [6, 6.07) is 16.9. The summed E-state index contributed by atoms with van der Waals surface area (Å²) in [7, 11) is 0. The number of nitrogens with zero attached hydrogens (tertiary/aromatic N) is 1. The van der Waals surface area contributed by atoms with Gasteiger partial charge in [0, 0.05) is 6.61 Å². The largest absolute Gasteiger partial charge is 0.372 e. The Bertz CT molecular complexity index is 594. The topological polar surface area (TPSA) is 33.0 Å². The lowest BCUT2D eigenvalue weighted by atomic mass is 9.88. The summed E-state index contributed by atoms with van der Waals surface area (Å²) in [4.78, 5) is 0. The molecule has 0 saturated carbocycles.